The number of rotatable bonds is 5. The predicted octanol–water partition coefficient (Wildman–Crippen LogP) is -0.639. The van der Waals surface area contributed by atoms with Crippen molar-refractivity contribution in [1.82, 2.24) is 5.43 Å². The molecule has 0 amide bonds. The Morgan fingerprint density at radius 2 is 2.11 bits per heavy atom. The SMILES string of the molecule is C/C(=N/NC(N)=S)Oc1ccccc1OCC(=O)[O-]. The van der Waals surface area contributed by atoms with Gasteiger partial charge in [-0.2, -0.15) is 0 Å². The average Bonchev–Trinajstić information content (AvgIpc) is 2.35. The van der Waals surface area contributed by atoms with Crippen LogP contribution in [0.3, 0.4) is 0 Å². The zero-order valence-corrected chi connectivity index (χ0v) is 10.9. The van der Waals surface area contributed by atoms with Crippen LogP contribution in [0.25, 0.3) is 0 Å². The number of hydrazone groups is 1. The summed E-state index contributed by atoms with van der Waals surface area (Å²) in [6.45, 7) is 1.00. The van der Waals surface area contributed by atoms with Crippen LogP contribution in [-0.4, -0.2) is 23.6 Å². The molecule has 0 bridgehead atoms. The van der Waals surface area contributed by atoms with Gasteiger partial charge in [0.15, 0.2) is 16.6 Å². The van der Waals surface area contributed by atoms with Gasteiger partial charge in [-0.15, -0.1) is 5.10 Å². The van der Waals surface area contributed by atoms with E-state index in [0.717, 1.165) is 0 Å². The van der Waals surface area contributed by atoms with Crippen LogP contribution in [0.1, 0.15) is 6.92 Å². The lowest BCUT2D eigenvalue weighted by molar-refractivity contribution is -0.307. The van der Waals surface area contributed by atoms with E-state index in [9.17, 15) is 9.90 Å². The van der Waals surface area contributed by atoms with E-state index in [1.807, 2.05) is 0 Å². The maximum Gasteiger partial charge on any atom is 0.209 e. The van der Waals surface area contributed by atoms with Crippen LogP contribution in [-0.2, 0) is 4.79 Å². The fraction of sp³-hybridized carbons (Fsp3) is 0.182. The molecule has 1 aromatic carbocycles. The molecule has 1 aromatic rings. The molecule has 0 atom stereocenters. The molecular formula is C11H12N3O4S-. The van der Waals surface area contributed by atoms with Gasteiger partial charge in [0.2, 0.25) is 5.90 Å². The number of hydrogen-bond acceptors (Lipinski definition) is 6. The molecule has 0 aliphatic heterocycles. The quantitative estimate of drug-likeness (QED) is 0.320. The highest BCUT2D eigenvalue weighted by atomic mass is 32.1. The number of carbonyl (C=O) groups is 1. The lowest BCUT2D eigenvalue weighted by Gasteiger charge is -2.12. The first-order valence-corrected chi connectivity index (χ1v) is 5.59. The Bertz CT molecular complexity index is 504. The molecule has 0 unspecified atom stereocenters. The van der Waals surface area contributed by atoms with Gasteiger partial charge in [-0.1, -0.05) is 12.1 Å². The van der Waals surface area contributed by atoms with E-state index < -0.39 is 12.6 Å². The van der Waals surface area contributed by atoms with Crippen molar-refractivity contribution in [3.8, 4) is 11.5 Å². The van der Waals surface area contributed by atoms with Crippen molar-refractivity contribution in [1.29, 1.82) is 0 Å². The highest BCUT2D eigenvalue weighted by Gasteiger charge is 2.06. The number of carbonyl (C=O) groups excluding carboxylic acids is 1. The molecule has 0 saturated carbocycles. The minimum absolute atomic E-state index is 0.00411. The van der Waals surface area contributed by atoms with E-state index in [1.54, 1.807) is 31.2 Å². The van der Waals surface area contributed by atoms with Crippen molar-refractivity contribution in [3.63, 3.8) is 0 Å². The normalized spacial score (nSPS) is 10.7. The third kappa shape index (κ3) is 5.68. The van der Waals surface area contributed by atoms with E-state index in [0.29, 0.717) is 5.75 Å². The summed E-state index contributed by atoms with van der Waals surface area (Å²) in [5.41, 5.74) is 7.57. The second kappa shape index (κ2) is 7.17. The number of carboxylic acid groups (broad SMARTS) is 1. The van der Waals surface area contributed by atoms with Crippen molar-refractivity contribution in [3.05, 3.63) is 24.3 Å². The molecule has 102 valence electrons. The zero-order chi connectivity index (χ0) is 14.3. The molecule has 3 N–H and O–H groups in total. The van der Waals surface area contributed by atoms with Crippen LogP contribution in [0.4, 0.5) is 0 Å². The van der Waals surface area contributed by atoms with E-state index in [2.05, 4.69) is 22.7 Å². The van der Waals surface area contributed by atoms with Gasteiger partial charge in [0.05, 0.1) is 5.97 Å². The van der Waals surface area contributed by atoms with Gasteiger partial charge in [0, 0.05) is 6.92 Å². The third-order valence-electron chi connectivity index (χ3n) is 1.78. The van der Waals surface area contributed by atoms with Crippen LogP contribution >= 0.6 is 12.2 Å². The minimum atomic E-state index is -1.32. The Morgan fingerprint density at radius 3 is 2.68 bits per heavy atom. The summed E-state index contributed by atoms with van der Waals surface area (Å²) >= 11 is 4.58. The number of para-hydroxylation sites is 2. The standard InChI is InChI=1S/C11H13N3O4S/c1-7(13-14-11(12)19)18-9-5-3-2-4-8(9)17-6-10(15)16/h2-5H,6H2,1H3,(H,15,16)(H3,12,14,19)/p-1/b13-7-. The van der Waals surface area contributed by atoms with Crippen molar-refractivity contribution in [2.24, 2.45) is 10.8 Å². The second-order valence-corrected chi connectivity index (χ2v) is 3.76. The molecular weight excluding hydrogens is 270 g/mol. The maximum atomic E-state index is 10.3. The number of benzene rings is 1. The molecule has 8 heteroatoms. The van der Waals surface area contributed by atoms with Gasteiger partial charge in [0.25, 0.3) is 0 Å². The number of thiocarbonyl (C=S) groups is 1. The smallest absolute Gasteiger partial charge is 0.209 e. The minimum Gasteiger partial charge on any atom is -0.546 e. The molecule has 19 heavy (non-hydrogen) atoms. The first-order valence-electron chi connectivity index (χ1n) is 5.18. The Balaban J connectivity index is 2.74. The molecule has 0 spiro atoms. The number of hydrogen-bond donors (Lipinski definition) is 2. The lowest BCUT2D eigenvalue weighted by atomic mass is 10.3. The lowest BCUT2D eigenvalue weighted by Crippen LogP contribution is -2.29. The number of aliphatic carboxylic acids is 1. The maximum absolute atomic E-state index is 10.3. The molecule has 0 heterocycles. The fourth-order valence-corrected chi connectivity index (χ4v) is 1.15. The summed E-state index contributed by atoms with van der Waals surface area (Å²) in [5.74, 6) is -0.515. The summed E-state index contributed by atoms with van der Waals surface area (Å²) in [6, 6.07) is 6.55. The van der Waals surface area contributed by atoms with Crippen LogP contribution in [0, 0.1) is 0 Å². The van der Waals surface area contributed by atoms with Gasteiger partial charge in [-0.3, -0.25) is 5.43 Å². The molecule has 0 saturated heterocycles. The number of nitrogens with one attached hydrogen (secondary N) is 1. The third-order valence-corrected chi connectivity index (χ3v) is 1.87. The Hall–Kier alpha value is -2.35. The first kappa shape index (κ1) is 14.7. The summed E-state index contributed by atoms with van der Waals surface area (Å²) < 4.78 is 10.4. The summed E-state index contributed by atoms with van der Waals surface area (Å²) in [5, 5.41) is 14.1. The van der Waals surface area contributed by atoms with Crippen molar-refractivity contribution in [2.75, 3.05) is 6.61 Å². The van der Waals surface area contributed by atoms with Gasteiger partial charge in [-0.05, 0) is 24.4 Å². The molecule has 7 nitrogen and oxygen atoms in total. The summed E-state index contributed by atoms with van der Waals surface area (Å²) in [4.78, 5) is 10.3. The average molecular weight is 282 g/mol. The van der Waals surface area contributed by atoms with E-state index in [-0.39, 0.29) is 16.8 Å². The molecule has 0 aromatic heterocycles. The van der Waals surface area contributed by atoms with Gasteiger partial charge in [-0.25, -0.2) is 0 Å². The number of carboxylic acids is 1. The molecule has 1 rings (SSSR count). The highest BCUT2D eigenvalue weighted by Crippen LogP contribution is 2.26. The second-order valence-electron chi connectivity index (χ2n) is 3.32. The Kier molecular flexibility index (Phi) is 5.55. The van der Waals surface area contributed by atoms with Crippen molar-refractivity contribution in [2.45, 2.75) is 6.92 Å². The Labute approximate surface area is 115 Å². The molecule has 0 fully saturated rings. The van der Waals surface area contributed by atoms with Crippen LogP contribution in [0.5, 0.6) is 11.5 Å². The van der Waals surface area contributed by atoms with Gasteiger partial charge < -0.3 is 25.1 Å². The first-order chi connectivity index (χ1) is 8.99. The predicted molar refractivity (Wildman–Crippen MR) is 70.6 cm³/mol. The van der Waals surface area contributed by atoms with Gasteiger partial charge in [0.1, 0.15) is 6.61 Å². The fourth-order valence-electron chi connectivity index (χ4n) is 1.11. The molecule has 0 aliphatic rings. The number of nitrogens with zero attached hydrogens (tertiary/aromatic N) is 1. The molecule has 0 radical (unpaired) electrons. The number of ether oxygens (including phenoxy) is 2. The van der Waals surface area contributed by atoms with Crippen LogP contribution in [0.2, 0.25) is 0 Å². The summed E-state index contributed by atoms with van der Waals surface area (Å²) in [6.07, 6.45) is 0. The summed E-state index contributed by atoms with van der Waals surface area (Å²) in [7, 11) is 0. The highest BCUT2D eigenvalue weighted by molar-refractivity contribution is 7.80. The van der Waals surface area contributed by atoms with E-state index in [1.165, 1.54) is 0 Å². The Morgan fingerprint density at radius 1 is 1.47 bits per heavy atom. The van der Waals surface area contributed by atoms with E-state index in [4.69, 9.17) is 15.2 Å². The monoisotopic (exact) mass is 282 g/mol. The van der Waals surface area contributed by atoms with E-state index >= 15 is 0 Å². The topological polar surface area (TPSA) is 109 Å². The molecule has 0 aliphatic carbocycles. The van der Waals surface area contributed by atoms with Crippen molar-refractivity contribution < 1.29 is 19.4 Å². The van der Waals surface area contributed by atoms with Gasteiger partial charge >= 0.3 is 0 Å². The van der Waals surface area contributed by atoms with Crippen LogP contribution in [0.15, 0.2) is 29.4 Å². The van der Waals surface area contributed by atoms with Crippen LogP contribution < -0.4 is 25.7 Å². The number of nitrogens with two attached hydrogens (primary N) is 1. The largest absolute Gasteiger partial charge is 0.546 e. The zero-order valence-electron chi connectivity index (χ0n) is 10.1. The van der Waals surface area contributed by atoms with Crippen molar-refractivity contribution >= 4 is 29.2 Å².